The van der Waals surface area contributed by atoms with Gasteiger partial charge in [-0.3, -0.25) is 10.1 Å². The van der Waals surface area contributed by atoms with E-state index in [-0.39, 0.29) is 0 Å². The molecule has 0 aromatic heterocycles. The predicted octanol–water partition coefficient (Wildman–Crippen LogP) is 0.729. The number of rotatable bonds is 2. The number of hydrogen-bond acceptors (Lipinski definition) is 3. The molecule has 1 rings (SSSR count). The quantitative estimate of drug-likeness (QED) is 0.445. The molecule has 0 aromatic carbocycles. The Hall–Kier alpha value is -0.610. The van der Waals surface area contributed by atoms with E-state index in [0.717, 1.165) is 6.42 Å². The van der Waals surface area contributed by atoms with E-state index < -0.39 is 18.0 Å². The van der Waals surface area contributed by atoms with Gasteiger partial charge in [0.25, 0.3) is 0 Å². The van der Waals surface area contributed by atoms with Crippen LogP contribution in [0.4, 0.5) is 0 Å². The highest BCUT2D eigenvalue weighted by atomic mass is 17.1. The van der Waals surface area contributed by atoms with Crippen LogP contribution in [0.1, 0.15) is 19.3 Å². The number of carboxylic acid groups (broad SMARTS) is 1. The first-order valence-corrected chi connectivity index (χ1v) is 3.28. The van der Waals surface area contributed by atoms with Gasteiger partial charge in [-0.15, -0.1) is 0 Å². The molecule has 2 atom stereocenters. The second-order valence-electron chi connectivity index (χ2n) is 2.52. The van der Waals surface area contributed by atoms with Gasteiger partial charge in [0.2, 0.25) is 0 Å². The van der Waals surface area contributed by atoms with Gasteiger partial charge < -0.3 is 5.11 Å². The molecule has 1 aliphatic rings. The summed E-state index contributed by atoms with van der Waals surface area (Å²) >= 11 is 0. The average Bonchev–Trinajstić information content (AvgIpc) is 2.33. The monoisotopic (exact) mass is 146 g/mol. The van der Waals surface area contributed by atoms with Crippen LogP contribution in [0.3, 0.4) is 0 Å². The number of hydrogen-bond donors (Lipinski definition) is 2. The summed E-state index contributed by atoms with van der Waals surface area (Å²) in [6.07, 6.45) is 1.59. The zero-order valence-electron chi connectivity index (χ0n) is 5.49. The molecule has 1 fully saturated rings. The van der Waals surface area contributed by atoms with Crippen LogP contribution in [0, 0.1) is 5.92 Å². The molecule has 0 aliphatic heterocycles. The Labute approximate surface area is 58.4 Å². The van der Waals surface area contributed by atoms with Crippen LogP contribution in [0.15, 0.2) is 0 Å². The van der Waals surface area contributed by atoms with Gasteiger partial charge in [-0.05, 0) is 19.3 Å². The molecule has 0 aromatic rings. The molecule has 0 amide bonds. The summed E-state index contributed by atoms with van der Waals surface area (Å²) in [5, 5.41) is 16.7. The minimum Gasteiger partial charge on any atom is -0.481 e. The van der Waals surface area contributed by atoms with Crippen molar-refractivity contribution in [2.24, 2.45) is 5.92 Å². The molecule has 2 unspecified atom stereocenters. The number of carboxylic acids is 1. The maximum absolute atomic E-state index is 10.4. The molecule has 4 nitrogen and oxygen atoms in total. The Morgan fingerprint density at radius 1 is 1.50 bits per heavy atom. The van der Waals surface area contributed by atoms with Gasteiger partial charge in [0.1, 0.15) is 6.10 Å². The molecule has 1 saturated carbocycles. The summed E-state index contributed by atoms with van der Waals surface area (Å²) in [7, 11) is 0. The lowest BCUT2D eigenvalue weighted by atomic mass is 10.1. The van der Waals surface area contributed by atoms with Crippen molar-refractivity contribution in [1.29, 1.82) is 0 Å². The summed E-state index contributed by atoms with van der Waals surface area (Å²) in [5.41, 5.74) is 0. The molecular formula is C6H10O4. The fourth-order valence-electron chi connectivity index (χ4n) is 1.33. The van der Waals surface area contributed by atoms with E-state index in [1.807, 2.05) is 0 Å². The molecule has 0 bridgehead atoms. The van der Waals surface area contributed by atoms with Crippen LogP contribution in [-0.2, 0) is 9.68 Å². The van der Waals surface area contributed by atoms with E-state index in [1.54, 1.807) is 0 Å². The zero-order chi connectivity index (χ0) is 7.56. The normalized spacial score (nSPS) is 32.5. The Bertz CT molecular complexity index is 134. The van der Waals surface area contributed by atoms with Crippen LogP contribution in [-0.4, -0.2) is 22.4 Å². The summed E-state index contributed by atoms with van der Waals surface area (Å²) in [4.78, 5) is 14.4. The third kappa shape index (κ3) is 1.27. The number of aliphatic carboxylic acids is 1. The number of carbonyl (C=O) groups is 1. The van der Waals surface area contributed by atoms with Crippen LogP contribution in [0.2, 0.25) is 0 Å². The van der Waals surface area contributed by atoms with Gasteiger partial charge in [0.05, 0.1) is 5.92 Å². The SMILES string of the molecule is O=C(O)C1CCCC1OO. The van der Waals surface area contributed by atoms with Gasteiger partial charge in [-0.2, -0.15) is 0 Å². The van der Waals surface area contributed by atoms with Gasteiger partial charge in [-0.1, -0.05) is 0 Å². The van der Waals surface area contributed by atoms with Crippen molar-refractivity contribution in [1.82, 2.24) is 0 Å². The lowest BCUT2D eigenvalue weighted by Gasteiger charge is -2.10. The summed E-state index contributed by atoms with van der Waals surface area (Å²) in [6.45, 7) is 0. The summed E-state index contributed by atoms with van der Waals surface area (Å²) in [6, 6.07) is 0. The van der Waals surface area contributed by atoms with Crippen LogP contribution >= 0.6 is 0 Å². The second kappa shape index (κ2) is 2.98. The van der Waals surface area contributed by atoms with Crippen molar-refractivity contribution in [2.45, 2.75) is 25.4 Å². The molecule has 2 N–H and O–H groups in total. The Kier molecular flexibility index (Phi) is 2.24. The highest BCUT2D eigenvalue weighted by Gasteiger charge is 2.33. The van der Waals surface area contributed by atoms with Crippen molar-refractivity contribution in [3.8, 4) is 0 Å². The van der Waals surface area contributed by atoms with E-state index >= 15 is 0 Å². The third-order valence-corrected chi connectivity index (χ3v) is 1.91. The third-order valence-electron chi connectivity index (χ3n) is 1.91. The first-order valence-electron chi connectivity index (χ1n) is 3.28. The van der Waals surface area contributed by atoms with Crippen LogP contribution < -0.4 is 0 Å². The van der Waals surface area contributed by atoms with E-state index in [4.69, 9.17) is 10.4 Å². The molecular weight excluding hydrogens is 136 g/mol. The lowest BCUT2D eigenvalue weighted by Crippen LogP contribution is -2.24. The first kappa shape index (κ1) is 7.50. The fraction of sp³-hybridized carbons (Fsp3) is 0.833. The summed E-state index contributed by atoms with van der Waals surface area (Å²) in [5.74, 6) is -1.39. The van der Waals surface area contributed by atoms with Crippen LogP contribution in [0.5, 0.6) is 0 Å². The van der Waals surface area contributed by atoms with Crippen LogP contribution in [0.25, 0.3) is 0 Å². The topological polar surface area (TPSA) is 66.8 Å². The molecule has 0 spiro atoms. The van der Waals surface area contributed by atoms with Crippen molar-refractivity contribution >= 4 is 5.97 Å². The molecule has 4 heteroatoms. The minimum atomic E-state index is -0.878. The zero-order valence-corrected chi connectivity index (χ0v) is 5.49. The summed E-state index contributed by atoms with van der Waals surface area (Å²) < 4.78 is 0. The van der Waals surface area contributed by atoms with E-state index in [2.05, 4.69) is 4.89 Å². The molecule has 0 heterocycles. The maximum atomic E-state index is 10.4. The first-order chi connectivity index (χ1) is 4.75. The average molecular weight is 146 g/mol. The van der Waals surface area contributed by atoms with Crippen molar-refractivity contribution in [3.63, 3.8) is 0 Å². The van der Waals surface area contributed by atoms with Gasteiger partial charge in [-0.25, -0.2) is 4.89 Å². The molecule has 0 saturated heterocycles. The largest absolute Gasteiger partial charge is 0.481 e. The van der Waals surface area contributed by atoms with Crippen molar-refractivity contribution < 1.29 is 20.0 Å². The smallest absolute Gasteiger partial charge is 0.309 e. The Balaban J connectivity index is 2.50. The maximum Gasteiger partial charge on any atom is 0.309 e. The highest BCUT2D eigenvalue weighted by molar-refractivity contribution is 5.71. The molecule has 1 aliphatic carbocycles. The van der Waals surface area contributed by atoms with Gasteiger partial charge >= 0.3 is 5.97 Å². The van der Waals surface area contributed by atoms with Crippen molar-refractivity contribution in [3.05, 3.63) is 0 Å². The fourth-order valence-corrected chi connectivity index (χ4v) is 1.33. The Morgan fingerprint density at radius 3 is 2.60 bits per heavy atom. The second-order valence-corrected chi connectivity index (χ2v) is 2.52. The molecule has 10 heavy (non-hydrogen) atoms. The van der Waals surface area contributed by atoms with Gasteiger partial charge in [0.15, 0.2) is 0 Å². The van der Waals surface area contributed by atoms with Gasteiger partial charge in [0, 0.05) is 0 Å². The van der Waals surface area contributed by atoms with Crippen molar-refractivity contribution in [2.75, 3.05) is 0 Å². The van der Waals surface area contributed by atoms with E-state index in [1.165, 1.54) is 0 Å². The highest BCUT2D eigenvalue weighted by Crippen LogP contribution is 2.27. The van der Waals surface area contributed by atoms with E-state index in [9.17, 15) is 4.79 Å². The minimum absolute atomic E-state index is 0.488. The Morgan fingerprint density at radius 2 is 2.20 bits per heavy atom. The molecule has 58 valence electrons. The standard InChI is InChI=1S/C6H10O4/c7-6(8)4-2-1-3-5(4)10-9/h4-5,9H,1-3H2,(H,7,8). The predicted molar refractivity (Wildman–Crippen MR) is 32.5 cm³/mol. The molecule has 0 radical (unpaired) electrons. The van der Waals surface area contributed by atoms with E-state index in [0.29, 0.717) is 12.8 Å². The lowest BCUT2D eigenvalue weighted by molar-refractivity contribution is -0.284.